The Morgan fingerprint density at radius 1 is 1.38 bits per heavy atom. The molecular weight excluding hydrogens is 200 g/mol. The van der Waals surface area contributed by atoms with Gasteiger partial charge in [0.2, 0.25) is 0 Å². The molecule has 2 nitrogen and oxygen atoms in total. The Balaban J connectivity index is 2.82. The number of ether oxygens (including phenoxy) is 1. The monoisotopic (exact) mass is 218 g/mol. The molecular formula is C14H18O2. The van der Waals surface area contributed by atoms with Crippen molar-refractivity contribution in [3.8, 4) is 0 Å². The lowest BCUT2D eigenvalue weighted by atomic mass is 9.92. The van der Waals surface area contributed by atoms with Crippen molar-refractivity contribution in [2.24, 2.45) is 5.92 Å². The topological polar surface area (TPSA) is 26.3 Å². The number of hydrogen-bond donors (Lipinski definition) is 0. The maximum atomic E-state index is 11.9. The van der Waals surface area contributed by atoms with Crippen molar-refractivity contribution in [2.45, 2.75) is 26.4 Å². The van der Waals surface area contributed by atoms with Gasteiger partial charge >= 0.3 is 5.97 Å². The lowest BCUT2D eigenvalue weighted by Crippen LogP contribution is -2.34. The number of carbonyl (C=O) groups excluding carboxylic acids is 1. The summed E-state index contributed by atoms with van der Waals surface area (Å²) in [6, 6.07) is 8.98. The van der Waals surface area contributed by atoms with E-state index in [0.717, 1.165) is 0 Å². The van der Waals surface area contributed by atoms with Crippen LogP contribution in [0.1, 0.15) is 31.1 Å². The van der Waals surface area contributed by atoms with Crippen LogP contribution in [0.25, 0.3) is 0 Å². The predicted octanol–water partition coefficient (Wildman–Crippen LogP) is 3.44. The summed E-state index contributed by atoms with van der Waals surface area (Å²) in [5.41, 5.74) is -0.0522. The van der Waals surface area contributed by atoms with Crippen molar-refractivity contribution >= 4 is 5.97 Å². The third-order valence-corrected chi connectivity index (χ3v) is 2.87. The van der Waals surface area contributed by atoms with Gasteiger partial charge in [-0.25, -0.2) is 4.79 Å². The Bertz CT molecular complexity index is 368. The fourth-order valence-corrected chi connectivity index (χ4v) is 1.23. The molecule has 1 atom stereocenters. The van der Waals surface area contributed by atoms with Crippen LogP contribution in [0.2, 0.25) is 0 Å². The molecule has 1 aromatic rings. The fourth-order valence-electron chi connectivity index (χ4n) is 1.23. The zero-order chi connectivity index (χ0) is 12.2. The zero-order valence-electron chi connectivity index (χ0n) is 10.1. The van der Waals surface area contributed by atoms with Crippen molar-refractivity contribution in [1.29, 1.82) is 0 Å². The molecule has 0 spiro atoms. The molecule has 0 bridgehead atoms. The van der Waals surface area contributed by atoms with Gasteiger partial charge in [-0.3, -0.25) is 0 Å². The highest BCUT2D eigenvalue weighted by atomic mass is 16.6. The normalized spacial score (nSPS) is 14.2. The van der Waals surface area contributed by atoms with Crippen LogP contribution in [0.3, 0.4) is 0 Å². The van der Waals surface area contributed by atoms with Crippen LogP contribution in [0.15, 0.2) is 43.0 Å². The first-order valence-corrected chi connectivity index (χ1v) is 5.41. The van der Waals surface area contributed by atoms with Gasteiger partial charge < -0.3 is 4.74 Å². The molecule has 0 heterocycles. The Labute approximate surface area is 96.9 Å². The average molecular weight is 218 g/mol. The third-order valence-electron chi connectivity index (χ3n) is 2.87. The minimum Gasteiger partial charge on any atom is -0.451 e. The van der Waals surface area contributed by atoms with E-state index in [9.17, 15) is 4.79 Å². The standard InChI is InChI=1S/C14H18O2/c1-5-14(4,11(2)3)16-13(15)12-9-7-6-8-10-12/h5-11H,1H2,2-4H3. The van der Waals surface area contributed by atoms with Crippen LogP contribution in [0.5, 0.6) is 0 Å². The van der Waals surface area contributed by atoms with Gasteiger partial charge in [-0.05, 0) is 31.1 Å². The highest BCUT2D eigenvalue weighted by molar-refractivity contribution is 5.89. The number of benzene rings is 1. The minimum absolute atomic E-state index is 0.192. The van der Waals surface area contributed by atoms with Crippen molar-refractivity contribution in [3.63, 3.8) is 0 Å². The summed E-state index contributed by atoms with van der Waals surface area (Å²) in [5, 5.41) is 0. The van der Waals surface area contributed by atoms with E-state index in [4.69, 9.17) is 4.74 Å². The van der Waals surface area contributed by atoms with Crippen molar-refractivity contribution in [1.82, 2.24) is 0 Å². The van der Waals surface area contributed by atoms with Crippen LogP contribution >= 0.6 is 0 Å². The van der Waals surface area contributed by atoms with E-state index in [0.29, 0.717) is 5.56 Å². The second kappa shape index (κ2) is 4.97. The Morgan fingerprint density at radius 2 is 1.94 bits per heavy atom. The zero-order valence-corrected chi connectivity index (χ0v) is 10.1. The van der Waals surface area contributed by atoms with Crippen LogP contribution < -0.4 is 0 Å². The summed E-state index contributed by atoms with van der Waals surface area (Å²) in [6.07, 6.45) is 1.68. The van der Waals surface area contributed by atoms with Gasteiger partial charge in [0.25, 0.3) is 0 Å². The van der Waals surface area contributed by atoms with Gasteiger partial charge in [0.15, 0.2) is 0 Å². The lowest BCUT2D eigenvalue weighted by Gasteiger charge is -2.30. The van der Waals surface area contributed by atoms with Crippen molar-refractivity contribution < 1.29 is 9.53 Å². The van der Waals surface area contributed by atoms with Crippen LogP contribution in [0.4, 0.5) is 0 Å². The average Bonchev–Trinajstić information content (AvgIpc) is 2.29. The molecule has 0 amide bonds. The number of carbonyl (C=O) groups is 1. The van der Waals surface area contributed by atoms with Gasteiger partial charge in [-0.15, -0.1) is 0 Å². The van der Waals surface area contributed by atoms with Gasteiger partial charge in [-0.1, -0.05) is 38.6 Å². The molecule has 16 heavy (non-hydrogen) atoms. The molecule has 2 heteroatoms. The van der Waals surface area contributed by atoms with E-state index in [1.54, 1.807) is 18.2 Å². The number of rotatable bonds is 4. The summed E-state index contributed by atoms with van der Waals surface area (Å²) in [7, 11) is 0. The second-order valence-electron chi connectivity index (χ2n) is 4.30. The Kier molecular flexibility index (Phi) is 3.88. The minimum atomic E-state index is -0.618. The molecule has 1 unspecified atom stereocenters. The van der Waals surface area contributed by atoms with E-state index in [1.807, 2.05) is 39.0 Å². The van der Waals surface area contributed by atoms with E-state index >= 15 is 0 Å². The van der Waals surface area contributed by atoms with E-state index in [1.165, 1.54) is 0 Å². The summed E-state index contributed by atoms with van der Waals surface area (Å²) >= 11 is 0. The van der Waals surface area contributed by atoms with Crippen LogP contribution in [-0.2, 0) is 4.74 Å². The molecule has 0 aliphatic carbocycles. The highest BCUT2D eigenvalue weighted by Crippen LogP contribution is 2.24. The molecule has 1 rings (SSSR count). The highest BCUT2D eigenvalue weighted by Gasteiger charge is 2.29. The molecule has 0 aliphatic heterocycles. The first kappa shape index (κ1) is 12.5. The molecule has 1 aromatic carbocycles. The van der Waals surface area contributed by atoms with Gasteiger partial charge in [0, 0.05) is 0 Å². The molecule has 0 aliphatic rings. The maximum Gasteiger partial charge on any atom is 0.338 e. The molecule has 0 fully saturated rings. The van der Waals surface area contributed by atoms with Crippen LogP contribution in [-0.4, -0.2) is 11.6 Å². The first-order chi connectivity index (χ1) is 7.49. The van der Waals surface area contributed by atoms with Gasteiger partial charge in [0.1, 0.15) is 5.60 Å². The van der Waals surface area contributed by atoms with Gasteiger partial charge in [0.05, 0.1) is 5.56 Å². The van der Waals surface area contributed by atoms with Crippen molar-refractivity contribution in [3.05, 3.63) is 48.6 Å². The summed E-state index contributed by atoms with van der Waals surface area (Å²) in [6.45, 7) is 9.59. The third kappa shape index (κ3) is 2.72. The molecule has 86 valence electrons. The fraction of sp³-hybridized carbons (Fsp3) is 0.357. The largest absolute Gasteiger partial charge is 0.451 e. The second-order valence-corrected chi connectivity index (χ2v) is 4.30. The number of esters is 1. The SMILES string of the molecule is C=CC(C)(OC(=O)c1ccccc1)C(C)C. The quantitative estimate of drug-likeness (QED) is 0.571. The summed E-state index contributed by atoms with van der Waals surface area (Å²) < 4.78 is 5.48. The predicted molar refractivity (Wildman–Crippen MR) is 65.3 cm³/mol. The van der Waals surface area contributed by atoms with E-state index in [-0.39, 0.29) is 11.9 Å². The van der Waals surface area contributed by atoms with Gasteiger partial charge in [-0.2, -0.15) is 0 Å². The van der Waals surface area contributed by atoms with Crippen molar-refractivity contribution in [2.75, 3.05) is 0 Å². The molecule has 0 N–H and O–H groups in total. The molecule has 0 saturated carbocycles. The molecule has 0 saturated heterocycles. The first-order valence-electron chi connectivity index (χ1n) is 5.41. The maximum absolute atomic E-state index is 11.9. The molecule has 0 aromatic heterocycles. The van der Waals surface area contributed by atoms with E-state index < -0.39 is 5.60 Å². The van der Waals surface area contributed by atoms with E-state index in [2.05, 4.69) is 6.58 Å². The summed E-state index contributed by atoms with van der Waals surface area (Å²) in [5.74, 6) is -0.116. The van der Waals surface area contributed by atoms with Crippen LogP contribution in [0, 0.1) is 5.92 Å². The molecule has 0 radical (unpaired) electrons. The number of hydrogen-bond acceptors (Lipinski definition) is 2. The Morgan fingerprint density at radius 3 is 2.38 bits per heavy atom. The smallest absolute Gasteiger partial charge is 0.338 e. The summed E-state index contributed by atoms with van der Waals surface area (Å²) in [4.78, 5) is 11.9. The lowest BCUT2D eigenvalue weighted by molar-refractivity contribution is -0.00705. The Hall–Kier alpha value is -1.57.